The minimum Gasteiger partial charge on any atom is -0.791 e. The number of β-lactam (4-membered cyclic amide) rings is 1. The van der Waals surface area contributed by atoms with Crippen LogP contribution in [0.25, 0.3) is 0 Å². The molecule has 13 heteroatoms. The molecule has 0 aliphatic carbocycles. The van der Waals surface area contributed by atoms with Crippen LogP contribution in [0.3, 0.4) is 0 Å². The fourth-order valence-corrected chi connectivity index (χ4v) is 3.49. The molecule has 13 nitrogen and oxygen atoms in total. The number of benzene rings is 2. The highest BCUT2D eigenvalue weighted by molar-refractivity contribution is 6.45. The van der Waals surface area contributed by atoms with Gasteiger partial charge in [0.05, 0.1) is 31.1 Å². The fourth-order valence-electron chi connectivity index (χ4n) is 3.49. The van der Waals surface area contributed by atoms with Gasteiger partial charge in [-0.15, -0.1) is 0 Å². The van der Waals surface area contributed by atoms with Crippen molar-refractivity contribution in [2.24, 2.45) is 5.16 Å². The van der Waals surface area contributed by atoms with Crippen molar-refractivity contribution in [1.29, 1.82) is 0 Å². The lowest BCUT2D eigenvalue weighted by Gasteiger charge is -2.44. The number of hydrogen-bond donors (Lipinski definition) is 3. The molecule has 1 heterocycles. The van der Waals surface area contributed by atoms with Crippen molar-refractivity contribution in [3.8, 4) is 11.5 Å². The van der Waals surface area contributed by atoms with Crippen LogP contribution in [-0.4, -0.2) is 64.7 Å². The van der Waals surface area contributed by atoms with Crippen LogP contribution in [0.5, 0.6) is 11.5 Å². The first kappa shape index (κ1) is 26.0. The van der Waals surface area contributed by atoms with E-state index in [1.165, 1.54) is 48.5 Å². The van der Waals surface area contributed by atoms with Gasteiger partial charge in [-0.3, -0.25) is 9.59 Å². The standard InChI is InChI=1S/C23H24N4O9/c24-16(22(31)32)9-10-36-15-7-3-12(4-8-15)18(26-35)20(29)25-17-11-27(21(17)30)19(23(33)34)13-1-5-14(28)6-2-13/h1-8,16-17,19,28,35H,9-11,24H2,(H,25,29)(H,31,32)(H,33,34)/p-2/b26-18-/t16-,17-,19+/m0/s1. The average molecular weight is 498 g/mol. The molecule has 0 aromatic heterocycles. The summed E-state index contributed by atoms with van der Waals surface area (Å²) in [6.07, 6.45) is 0.123. The zero-order valence-corrected chi connectivity index (χ0v) is 18.8. The Hall–Kier alpha value is -4.65. The monoisotopic (exact) mass is 498 g/mol. The maximum atomic E-state index is 12.6. The highest BCUT2D eigenvalue weighted by Gasteiger charge is 2.43. The number of rotatable bonds is 11. The van der Waals surface area contributed by atoms with E-state index in [4.69, 9.17) is 4.74 Å². The van der Waals surface area contributed by atoms with Crippen molar-refractivity contribution in [2.45, 2.75) is 24.5 Å². The lowest BCUT2D eigenvalue weighted by Crippen LogP contribution is -2.68. The Morgan fingerprint density at radius 2 is 1.75 bits per heavy atom. The summed E-state index contributed by atoms with van der Waals surface area (Å²) in [6.45, 7) is -0.0933. The summed E-state index contributed by atoms with van der Waals surface area (Å²) >= 11 is 0. The number of amides is 2. The molecular weight excluding hydrogens is 476 g/mol. The van der Waals surface area contributed by atoms with Gasteiger partial charge in [0.1, 0.15) is 29.3 Å². The minimum absolute atomic E-state index is 0.0573. The second kappa shape index (κ2) is 11.2. The number of phenolic OH excluding ortho intramolecular Hbond substituents is 1. The number of likely N-dealkylation sites (tertiary alicyclic amines) is 1. The third kappa shape index (κ3) is 5.88. The molecule has 1 fully saturated rings. The Morgan fingerprint density at radius 3 is 2.28 bits per heavy atom. The van der Waals surface area contributed by atoms with E-state index in [2.05, 4.69) is 16.2 Å². The van der Waals surface area contributed by atoms with E-state index < -0.39 is 47.6 Å². The molecule has 1 aliphatic rings. The molecule has 5 N–H and O–H groups in total. The third-order valence-corrected chi connectivity index (χ3v) is 5.51. The van der Waals surface area contributed by atoms with Gasteiger partial charge in [0.25, 0.3) is 5.91 Å². The van der Waals surface area contributed by atoms with Gasteiger partial charge in [-0.25, -0.2) is 0 Å². The molecule has 3 rings (SSSR count). The molecule has 0 unspecified atom stereocenters. The van der Waals surface area contributed by atoms with Crippen LogP contribution < -0.4 is 26.0 Å². The number of carboxylic acids is 2. The van der Waals surface area contributed by atoms with Gasteiger partial charge in [-0.2, -0.15) is 0 Å². The zero-order valence-electron chi connectivity index (χ0n) is 18.8. The summed E-state index contributed by atoms with van der Waals surface area (Å²) in [5, 5.41) is 48.1. The minimum atomic E-state index is -1.53. The highest BCUT2D eigenvalue weighted by atomic mass is 16.5. The Balaban J connectivity index is 1.59. The van der Waals surface area contributed by atoms with Gasteiger partial charge >= 0.3 is 0 Å². The van der Waals surface area contributed by atoms with Gasteiger partial charge in [-0.05, 0) is 42.0 Å². The van der Waals surface area contributed by atoms with Crippen LogP contribution in [-0.2, 0) is 19.2 Å². The fraction of sp³-hybridized carbons (Fsp3) is 0.261. The second-order valence-corrected chi connectivity index (χ2v) is 7.95. The van der Waals surface area contributed by atoms with E-state index >= 15 is 0 Å². The summed E-state index contributed by atoms with van der Waals surface area (Å²) in [5.41, 5.74) is 3.26. The molecule has 2 aromatic rings. The number of hydrogen-bond acceptors (Lipinski definition) is 10. The van der Waals surface area contributed by atoms with Crippen molar-refractivity contribution < 1.29 is 45.0 Å². The van der Waals surface area contributed by atoms with E-state index in [1.807, 2.05) is 0 Å². The molecule has 3 atom stereocenters. The summed E-state index contributed by atoms with van der Waals surface area (Å²) < 4.78 is 5.39. The molecular formula is C23H22N4O9-2. The van der Waals surface area contributed by atoms with Crippen LogP contribution in [0.1, 0.15) is 23.6 Å². The number of phenols is 1. The molecule has 36 heavy (non-hydrogen) atoms. The molecule has 0 spiro atoms. The number of aliphatic carboxylic acids is 2. The van der Waals surface area contributed by atoms with E-state index in [1.54, 1.807) is 0 Å². The van der Waals surface area contributed by atoms with Crippen molar-refractivity contribution in [2.75, 3.05) is 13.2 Å². The van der Waals surface area contributed by atoms with Crippen molar-refractivity contribution >= 4 is 29.5 Å². The largest absolute Gasteiger partial charge is 0.791 e. The molecule has 1 saturated heterocycles. The van der Waals surface area contributed by atoms with Crippen LogP contribution in [0.2, 0.25) is 0 Å². The first-order valence-corrected chi connectivity index (χ1v) is 10.7. The van der Waals surface area contributed by atoms with Crippen LogP contribution in [0, 0.1) is 5.21 Å². The summed E-state index contributed by atoms with van der Waals surface area (Å²) in [5.74, 6) is -4.18. The first-order chi connectivity index (χ1) is 17.1. The number of carbonyl (C=O) groups excluding carboxylic acids is 4. The summed E-state index contributed by atoms with van der Waals surface area (Å²) in [7, 11) is 0. The van der Waals surface area contributed by atoms with Gasteiger partial charge in [-0.1, -0.05) is 12.1 Å². The number of carbonyl (C=O) groups is 4. The van der Waals surface area contributed by atoms with Crippen molar-refractivity contribution in [3.63, 3.8) is 0 Å². The molecule has 2 amide bonds. The van der Waals surface area contributed by atoms with Gasteiger partial charge in [0.2, 0.25) is 5.91 Å². The van der Waals surface area contributed by atoms with Gasteiger partial charge in [0, 0.05) is 12.0 Å². The van der Waals surface area contributed by atoms with Gasteiger partial charge in [0.15, 0.2) is 0 Å². The number of nitrogens with zero attached hydrogens (tertiary/aromatic N) is 2. The Kier molecular flexibility index (Phi) is 8.07. The van der Waals surface area contributed by atoms with Crippen LogP contribution in [0.15, 0.2) is 53.7 Å². The third-order valence-electron chi connectivity index (χ3n) is 5.51. The highest BCUT2D eigenvalue weighted by Crippen LogP contribution is 2.28. The quantitative estimate of drug-likeness (QED) is 0.159. The predicted molar refractivity (Wildman–Crippen MR) is 118 cm³/mol. The number of carboxylic acid groups (broad SMARTS) is 2. The van der Waals surface area contributed by atoms with Gasteiger partial charge < -0.3 is 56.0 Å². The maximum Gasteiger partial charge on any atom is 0.270 e. The predicted octanol–water partition coefficient (Wildman–Crippen LogP) is -3.37. The number of quaternary nitrogens is 1. The Morgan fingerprint density at radius 1 is 1.11 bits per heavy atom. The van der Waals surface area contributed by atoms with E-state index in [9.17, 15) is 39.7 Å². The molecule has 1 aliphatic heterocycles. The Bertz CT molecular complexity index is 1170. The lowest BCUT2D eigenvalue weighted by molar-refractivity contribution is -0.438. The van der Waals surface area contributed by atoms with E-state index in [0.717, 1.165) is 4.90 Å². The Labute approximate surface area is 204 Å². The topological polar surface area (TPSA) is 222 Å². The van der Waals surface area contributed by atoms with E-state index in [0.29, 0.717) is 5.75 Å². The molecule has 0 bridgehead atoms. The smallest absolute Gasteiger partial charge is 0.270 e. The lowest BCUT2D eigenvalue weighted by atomic mass is 9.97. The number of nitrogens with one attached hydrogen (secondary N) is 1. The molecule has 190 valence electrons. The van der Waals surface area contributed by atoms with Crippen LogP contribution >= 0.6 is 0 Å². The number of aromatic hydroxyl groups is 1. The SMILES string of the molecule is [NH3+][C@@H](CCOc1ccc(/C(=N/[O-])C(=O)N[C@H]2CN([C@@H](C(=O)[O-])c3ccc(O)cc3)C2=O)cc1)C(=O)[O-]. The second-order valence-electron chi connectivity index (χ2n) is 7.95. The maximum absolute atomic E-state index is 12.6. The van der Waals surface area contributed by atoms with E-state index in [-0.39, 0.29) is 36.4 Å². The first-order valence-electron chi connectivity index (χ1n) is 10.7. The van der Waals surface area contributed by atoms with Crippen molar-refractivity contribution in [1.82, 2.24) is 10.2 Å². The van der Waals surface area contributed by atoms with Crippen LogP contribution in [0.4, 0.5) is 0 Å². The summed E-state index contributed by atoms with van der Waals surface area (Å²) in [6, 6.07) is 7.47. The zero-order chi connectivity index (χ0) is 26.4. The molecule has 0 radical (unpaired) electrons. The molecule has 2 aromatic carbocycles. The normalized spacial score (nSPS) is 17.0. The summed E-state index contributed by atoms with van der Waals surface area (Å²) in [4.78, 5) is 48.4. The molecule has 0 saturated carbocycles. The van der Waals surface area contributed by atoms with Crippen molar-refractivity contribution in [3.05, 3.63) is 64.9 Å². The number of ether oxygens (including phenoxy) is 1. The average Bonchev–Trinajstić information content (AvgIpc) is 2.85.